The molecule has 0 saturated carbocycles. The number of aromatic nitrogens is 1. The van der Waals surface area contributed by atoms with Gasteiger partial charge in [-0.25, -0.2) is 18.2 Å². The number of sulfone groups is 1. The van der Waals surface area contributed by atoms with Gasteiger partial charge in [-0.2, -0.15) is 0 Å². The summed E-state index contributed by atoms with van der Waals surface area (Å²) in [5.74, 6) is -1.78. The van der Waals surface area contributed by atoms with Gasteiger partial charge in [0.25, 0.3) is 0 Å². The van der Waals surface area contributed by atoms with Crippen molar-refractivity contribution in [1.82, 2.24) is 4.98 Å². The number of nitrogens with zero attached hydrogens (tertiary/aromatic N) is 1. The van der Waals surface area contributed by atoms with Crippen LogP contribution >= 0.6 is 11.8 Å². The number of amides is 1. The highest BCUT2D eigenvalue weighted by atomic mass is 32.2. The van der Waals surface area contributed by atoms with Gasteiger partial charge in [0.15, 0.2) is 9.84 Å². The molecule has 3 N–H and O–H groups in total. The van der Waals surface area contributed by atoms with Gasteiger partial charge in [0.1, 0.15) is 0 Å². The number of carboxylic acids is 1. The quantitative estimate of drug-likeness (QED) is 0.653. The third-order valence-corrected chi connectivity index (χ3v) is 5.14. The van der Waals surface area contributed by atoms with E-state index in [4.69, 9.17) is 10.8 Å². The van der Waals surface area contributed by atoms with Crippen molar-refractivity contribution >= 4 is 33.5 Å². The van der Waals surface area contributed by atoms with Crippen LogP contribution in [0.4, 0.5) is 0 Å². The first-order valence-corrected chi connectivity index (χ1v) is 8.42. The fourth-order valence-corrected chi connectivity index (χ4v) is 3.79. The second-order valence-corrected chi connectivity index (χ2v) is 7.33. The highest BCUT2D eigenvalue weighted by Gasteiger charge is 2.12. The topological polar surface area (TPSA) is 127 Å². The van der Waals surface area contributed by atoms with Crippen LogP contribution in [-0.2, 0) is 14.6 Å². The number of hydrogen-bond acceptors (Lipinski definition) is 6. The molecular weight excluding hydrogens is 304 g/mol. The van der Waals surface area contributed by atoms with E-state index in [2.05, 4.69) is 4.98 Å². The van der Waals surface area contributed by atoms with Gasteiger partial charge >= 0.3 is 5.97 Å². The van der Waals surface area contributed by atoms with Crippen molar-refractivity contribution in [3.8, 4) is 0 Å². The van der Waals surface area contributed by atoms with Gasteiger partial charge in [-0.15, -0.1) is 11.8 Å². The molecule has 0 aromatic carbocycles. The number of pyridine rings is 1. The van der Waals surface area contributed by atoms with Crippen molar-refractivity contribution in [3.63, 3.8) is 0 Å². The molecule has 0 radical (unpaired) electrons. The number of nitrogens with two attached hydrogens (primary N) is 1. The number of carbonyl (C=O) groups is 2. The molecule has 1 rings (SSSR count). The summed E-state index contributed by atoms with van der Waals surface area (Å²) in [4.78, 5) is 25.1. The second kappa shape index (κ2) is 7.25. The lowest BCUT2D eigenvalue weighted by molar-refractivity contribution is -0.117. The standard InChI is InChI=1S/C11H14N2O5S2/c12-9(14)3-5-20(17,18)6-4-19-10-2-1-8(7-13-10)11(15)16/h1-2,7H,3-6H2,(H2,12,14)(H,15,16). The molecule has 110 valence electrons. The smallest absolute Gasteiger partial charge is 0.337 e. The summed E-state index contributed by atoms with van der Waals surface area (Å²) in [6.45, 7) is 0. The molecule has 1 amide bonds. The molecular formula is C11H14N2O5S2. The van der Waals surface area contributed by atoms with Crippen molar-refractivity contribution in [2.24, 2.45) is 5.73 Å². The van der Waals surface area contributed by atoms with Crippen LogP contribution in [0, 0.1) is 0 Å². The van der Waals surface area contributed by atoms with Crippen LogP contribution in [-0.4, -0.2) is 47.6 Å². The summed E-state index contributed by atoms with van der Waals surface area (Å²) in [6.07, 6.45) is 1.03. The van der Waals surface area contributed by atoms with Crippen LogP contribution in [0.1, 0.15) is 16.8 Å². The van der Waals surface area contributed by atoms with Gasteiger partial charge in [-0.05, 0) is 12.1 Å². The maximum atomic E-state index is 11.5. The van der Waals surface area contributed by atoms with Gasteiger partial charge in [0.2, 0.25) is 5.91 Å². The molecule has 0 fully saturated rings. The zero-order valence-electron chi connectivity index (χ0n) is 10.5. The summed E-state index contributed by atoms with van der Waals surface area (Å²) in [6, 6.07) is 2.92. The Bertz CT molecular complexity index is 583. The molecule has 0 bridgehead atoms. The Kier molecular flexibility index (Phi) is 5.96. The van der Waals surface area contributed by atoms with E-state index in [9.17, 15) is 18.0 Å². The van der Waals surface area contributed by atoms with Gasteiger partial charge in [-0.1, -0.05) is 0 Å². The number of carboxylic acid groups (broad SMARTS) is 1. The summed E-state index contributed by atoms with van der Waals surface area (Å²) in [7, 11) is -3.31. The molecule has 9 heteroatoms. The fraction of sp³-hybridized carbons (Fsp3) is 0.364. The maximum absolute atomic E-state index is 11.5. The fourth-order valence-electron chi connectivity index (χ4n) is 1.22. The SMILES string of the molecule is NC(=O)CCS(=O)(=O)CCSc1ccc(C(=O)O)cn1. The third-order valence-electron chi connectivity index (χ3n) is 2.29. The number of carbonyl (C=O) groups excluding carboxylic acids is 1. The van der Waals surface area contributed by atoms with Gasteiger partial charge in [0.05, 0.1) is 22.1 Å². The van der Waals surface area contributed by atoms with Gasteiger partial charge in [-0.3, -0.25) is 4.79 Å². The van der Waals surface area contributed by atoms with E-state index in [1.54, 1.807) is 0 Å². The highest BCUT2D eigenvalue weighted by Crippen LogP contribution is 2.16. The highest BCUT2D eigenvalue weighted by molar-refractivity contribution is 8.00. The Morgan fingerprint density at radius 1 is 1.30 bits per heavy atom. The van der Waals surface area contributed by atoms with E-state index < -0.39 is 21.7 Å². The van der Waals surface area contributed by atoms with Crippen molar-refractivity contribution in [1.29, 1.82) is 0 Å². The van der Waals surface area contributed by atoms with Crippen molar-refractivity contribution in [3.05, 3.63) is 23.9 Å². The maximum Gasteiger partial charge on any atom is 0.337 e. The predicted molar refractivity (Wildman–Crippen MR) is 74.4 cm³/mol. The largest absolute Gasteiger partial charge is 0.478 e. The zero-order valence-corrected chi connectivity index (χ0v) is 12.1. The summed E-state index contributed by atoms with van der Waals surface area (Å²) >= 11 is 1.20. The number of aromatic carboxylic acids is 1. The molecule has 0 saturated heterocycles. The van der Waals surface area contributed by atoms with E-state index in [1.807, 2.05) is 0 Å². The zero-order chi connectivity index (χ0) is 15.2. The first kappa shape index (κ1) is 16.4. The van der Waals surface area contributed by atoms with E-state index in [0.717, 1.165) is 0 Å². The van der Waals surface area contributed by atoms with Crippen LogP contribution in [0.15, 0.2) is 23.4 Å². The minimum Gasteiger partial charge on any atom is -0.478 e. The Hall–Kier alpha value is -1.61. The van der Waals surface area contributed by atoms with Crippen molar-refractivity contribution < 1.29 is 23.1 Å². The molecule has 7 nitrogen and oxygen atoms in total. The van der Waals surface area contributed by atoms with Gasteiger partial charge < -0.3 is 10.8 Å². The molecule has 1 heterocycles. The van der Waals surface area contributed by atoms with Crippen LogP contribution in [0.3, 0.4) is 0 Å². The normalized spacial score (nSPS) is 11.2. The third kappa shape index (κ3) is 6.02. The average Bonchev–Trinajstić information content (AvgIpc) is 2.37. The van der Waals surface area contributed by atoms with Gasteiger partial charge in [0, 0.05) is 18.4 Å². The van der Waals surface area contributed by atoms with Crippen LogP contribution in [0.5, 0.6) is 0 Å². The first-order chi connectivity index (χ1) is 9.30. The molecule has 1 aromatic rings. The second-order valence-electron chi connectivity index (χ2n) is 3.91. The van der Waals surface area contributed by atoms with E-state index in [1.165, 1.54) is 30.1 Å². The lowest BCUT2D eigenvalue weighted by Gasteiger charge is -2.03. The molecule has 20 heavy (non-hydrogen) atoms. The monoisotopic (exact) mass is 318 g/mol. The van der Waals surface area contributed by atoms with E-state index in [0.29, 0.717) is 5.03 Å². The number of hydrogen-bond donors (Lipinski definition) is 2. The Balaban J connectivity index is 2.44. The van der Waals surface area contributed by atoms with E-state index >= 15 is 0 Å². The van der Waals surface area contributed by atoms with Crippen LogP contribution in [0.25, 0.3) is 0 Å². The molecule has 0 aliphatic carbocycles. The van der Waals surface area contributed by atoms with Crippen LogP contribution < -0.4 is 5.73 Å². The lowest BCUT2D eigenvalue weighted by atomic mass is 10.3. The molecule has 0 spiro atoms. The summed E-state index contributed by atoms with van der Waals surface area (Å²) in [5, 5.41) is 9.24. The van der Waals surface area contributed by atoms with Crippen LogP contribution in [0.2, 0.25) is 0 Å². The van der Waals surface area contributed by atoms with E-state index in [-0.39, 0.29) is 29.2 Å². The molecule has 0 atom stereocenters. The molecule has 1 aromatic heterocycles. The average molecular weight is 318 g/mol. The molecule has 0 aliphatic heterocycles. The minimum absolute atomic E-state index is 0.0726. The summed E-state index contributed by atoms with van der Waals surface area (Å²) < 4.78 is 23.1. The summed E-state index contributed by atoms with van der Waals surface area (Å²) in [5.41, 5.74) is 4.96. The Labute approximate surface area is 120 Å². The number of thioether (sulfide) groups is 1. The Morgan fingerprint density at radius 3 is 2.50 bits per heavy atom. The predicted octanol–water partition coefficient (Wildman–Crippen LogP) is 0.162. The minimum atomic E-state index is -3.31. The Morgan fingerprint density at radius 2 is 2.00 bits per heavy atom. The van der Waals surface area contributed by atoms with Crippen molar-refractivity contribution in [2.45, 2.75) is 11.4 Å². The number of primary amides is 1. The lowest BCUT2D eigenvalue weighted by Crippen LogP contribution is -2.19. The number of rotatable bonds is 8. The molecule has 0 aliphatic rings. The molecule has 0 unspecified atom stereocenters. The van der Waals surface area contributed by atoms with Crippen molar-refractivity contribution in [2.75, 3.05) is 17.3 Å². The first-order valence-electron chi connectivity index (χ1n) is 5.61.